The number of nitrogens with zero attached hydrogens (tertiary/aromatic N) is 2. The fourth-order valence-corrected chi connectivity index (χ4v) is 2.27. The topological polar surface area (TPSA) is 90.3 Å². The van der Waals surface area contributed by atoms with Gasteiger partial charge in [-0.25, -0.2) is 9.48 Å². The second-order valence-corrected chi connectivity index (χ2v) is 5.80. The van der Waals surface area contributed by atoms with Gasteiger partial charge in [0.15, 0.2) is 0 Å². The molecule has 1 amide bonds. The number of nitrogens with one attached hydrogen (secondary N) is 1. The van der Waals surface area contributed by atoms with Crippen LogP contribution < -0.4 is 10.9 Å². The Hall–Kier alpha value is -3.22. The lowest BCUT2D eigenvalue weighted by molar-refractivity contribution is -0.137. The number of hydrogen-bond donors (Lipinski definition) is 1. The maximum Gasteiger partial charge on any atom is 0.330 e. The van der Waals surface area contributed by atoms with E-state index in [1.165, 1.54) is 22.9 Å². The Kier molecular flexibility index (Phi) is 7.49. The Morgan fingerprint density at radius 3 is 2.56 bits per heavy atom. The number of carbonyl (C=O) groups is 2. The summed E-state index contributed by atoms with van der Waals surface area (Å²) in [5.74, 6) is -0.797. The van der Waals surface area contributed by atoms with E-state index in [2.05, 4.69) is 10.4 Å². The van der Waals surface area contributed by atoms with Gasteiger partial charge in [0.1, 0.15) is 5.69 Å². The Morgan fingerprint density at radius 1 is 1.15 bits per heavy atom. The number of carbonyl (C=O) groups excluding carboxylic acids is 2. The summed E-state index contributed by atoms with van der Waals surface area (Å²) in [7, 11) is 0. The van der Waals surface area contributed by atoms with Crippen molar-refractivity contribution in [3.05, 3.63) is 64.1 Å². The molecule has 1 aromatic heterocycles. The van der Waals surface area contributed by atoms with Gasteiger partial charge < -0.3 is 10.1 Å². The van der Waals surface area contributed by atoms with Crippen molar-refractivity contribution in [2.24, 2.45) is 0 Å². The maximum absolute atomic E-state index is 12.4. The van der Waals surface area contributed by atoms with Crippen LogP contribution in [0.2, 0.25) is 0 Å². The van der Waals surface area contributed by atoms with Crippen LogP contribution in [-0.4, -0.2) is 28.3 Å². The van der Waals surface area contributed by atoms with Crippen LogP contribution in [0.25, 0.3) is 6.08 Å². The standard InChI is InChI=1S/C20H23N3O4/c1-3-5-14-23-18(24)12-11-17(22-23)20(26)21-16-9-6-15(7-10-16)8-13-19(25)27-4-2/h6-13H,3-5,14H2,1-2H3,(H,21,26)/b13-8+. The van der Waals surface area contributed by atoms with Crippen molar-refractivity contribution in [2.75, 3.05) is 11.9 Å². The Labute approximate surface area is 157 Å². The zero-order chi connectivity index (χ0) is 19.6. The van der Waals surface area contributed by atoms with Gasteiger partial charge in [-0.3, -0.25) is 9.59 Å². The van der Waals surface area contributed by atoms with Gasteiger partial charge in [-0.2, -0.15) is 5.10 Å². The van der Waals surface area contributed by atoms with Crippen LogP contribution in [0.4, 0.5) is 5.69 Å². The van der Waals surface area contributed by atoms with E-state index in [0.29, 0.717) is 18.8 Å². The zero-order valence-corrected chi connectivity index (χ0v) is 15.5. The molecule has 1 heterocycles. The summed E-state index contributed by atoms with van der Waals surface area (Å²) in [6.07, 6.45) is 4.73. The average molecular weight is 369 g/mol. The van der Waals surface area contributed by atoms with Gasteiger partial charge in [-0.15, -0.1) is 0 Å². The van der Waals surface area contributed by atoms with Crippen LogP contribution in [0.15, 0.2) is 47.3 Å². The van der Waals surface area contributed by atoms with Crippen LogP contribution >= 0.6 is 0 Å². The maximum atomic E-state index is 12.4. The first kappa shape index (κ1) is 20.1. The van der Waals surface area contributed by atoms with Crippen molar-refractivity contribution in [2.45, 2.75) is 33.2 Å². The van der Waals surface area contributed by atoms with Gasteiger partial charge in [0.25, 0.3) is 11.5 Å². The Morgan fingerprint density at radius 2 is 1.89 bits per heavy atom. The molecule has 142 valence electrons. The molecule has 0 saturated heterocycles. The molecule has 0 aliphatic heterocycles. The third-order valence-corrected chi connectivity index (χ3v) is 3.69. The van der Waals surface area contributed by atoms with Gasteiger partial charge in [0, 0.05) is 24.4 Å². The molecule has 0 fully saturated rings. The third-order valence-electron chi connectivity index (χ3n) is 3.69. The highest BCUT2D eigenvalue weighted by Gasteiger charge is 2.10. The van der Waals surface area contributed by atoms with Crippen LogP contribution in [0, 0.1) is 0 Å². The molecule has 0 radical (unpaired) electrons. The van der Waals surface area contributed by atoms with Crippen molar-refractivity contribution >= 4 is 23.6 Å². The average Bonchev–Trinajstić information content (AvgIpc) is 2.67. The summed E-state index contributed by atoms with van der Waals surface area (Å²) < 4.78 is 6.12. The number of ether oxygens (including phenoxy) is 1. The van der Waals surface area contributed by atoms with Gasteiger partial charge in [0.05, 0.1) is 6.61 Å². The highest BCUT2D eigenvalue weighted by molar-refractivity contribution is 6.02. The number of benzene rings is 1. The first-order valence-corrected chi connectivity index (χ1v) is 8.88. The minimum absolute atomic E-state index is 0.178. The van der Waals surface area contributed by atoms with Crippen LogP contribution in [-0.2, 0) is 16.1 Å². The summed E-state index contributed by atoms with van der Waals surface area (Å²) in [5, 5.41) is 6.86. The minimum atomic E-state index is -0.404. The summed E-state index contributed by atoms with van der Waals surface area (Å²) in [5.41, 5.74) is 1.34. The number of rotatable bonds is 8. The molecular weight excluding hydrogens is 346 g/mol. The molecule has 0 bridgehead atoms. The number of esters is 1. The van der Waals surface area contributed by atoms with Gasteiger partial charge in [-0.1, -0.05) is 25.5 Å². The molecule has 0 aliphatic rings. The van der Waals surface area contributed by atoms with Crippen molar-refractivity contribution in [3.63, 3.8) is 0 Å². The lowest BCUT2D eigenvalue weighted by Crippen LogP contribution is -2.26. The van der Waals surface area contributed by atoms with Crippen molar-refractivity contribution in [3.8, 4) is 0 Å². The zero-order valence-electron chi connectivity index (χ0n) is 15.5. The van der Waals surface area contributed by atoms with Crippen molar-refractivity contribution in [1.29, 1.82) is 0 Å². The quantitative estimate of drug-likeness (QED) is 0.571. The fourth-order valence-electron chi connectivity index (χ4n) is 2.27. The van der Waals surface area contributed by atoms with E-state index in [1.54, 1.807) is 37.3 Å². The summed E-state index contributed by atoms with van der Waals surface area (Å²) in [6, 6.07) is 9.73. The predicted molar refractivity (Wildman–Crippen MR) is 103 cm³/mol. The van der Waals surface area contributed by atoms with Crippen molar-refractivity contribution in [1.82, 2.24) is 9.78 Å². The molecule has 1 aromatic carbocycles. The largest absolute Gasteiger partial charge is 0.463 e. The fraction of sp³-hybridized carbons (Fsp3) is 0.300. The predicted octanol–water partition coefficient (Wildman–Crippen LogP) is 2.87. The molecule has 0 unspecified atom stereocenters. The number of aromatic nitrogens is 2. The molecule has 1 N–H and O–H groups in total. The van der Waals surface area contributed by atoms with E-state index in [0.717, 1.165) is 18.4 Å². The number of unbranched alkanes of at least 4 members (excludes halogenated alkanes) is 1. The summed E-state index contributed by atoms with van der Waals surface area (Å²) >= 11 is 0. The van der Waals surface area contributed by atoms with E-state index in [-0.39, 0.29) is 11.3 Å². The molecule has 0 spiro atoms. The highest BCUT2D eigenvalue weighted by Crippen LogP contribution is 2.12. The van der Waals surface area contributed by atoms with E-state index in [1.807, 2.05) is 6.92 Å². The van der Waals surface area contributed by atoms with Crippen molar-refractivity contribution < 1.29 is 14.3 Å². The smallest absolute Gasteiger partial charge is 0.330 e. The normalized spacial score (nSPS) is 10.7. The monoisotopic (exact) mass is 369 g/mol. The van der Waals surface area contributed by atoms with Gasteiger partial charge >= 0.3 is 5.97 Å². The van der Waals surface area contributed by atoms with E-state index in [9.17, 15) is 14.4 Å². The number of anilines is 1. The van der Waals surface area contributed by atoms with E-state index >= 15 is 0 Å². The lowest BCUT2D eigenvalue weighted by Gasteiger charge is -2.08. The molecule has 7 heteroatoms. The number of hydrogen-bond acceptors (Lipinski definition) is 5. The molecule has 2 aromatic rings. The molecule has 0 saturated carbocycles. The third kappa shape index (κ3) is 6.22. The molecular formula is C20H23N3O4. The molecule has 7 nitrogen and oxygen atoms in total. The van der Waals surface area contributed by atoms with E-state index in [4.69, 9.17) is 4.74 Å². The summed E-state index contributed by atoms with van der Waals surface area (Å²) in [4.78, 5) is 35.4. The highest BCUT2D eigenvalue weighted by atomic mass is 16.5. The Balaban J connectivity index is 2.03. The van der Waals surface area contributed by atoms with Gasteiger partial charge in [-0.05, 0) is 43.2 Å². The van der Waals surface area contributed by atoms with Crippen LogP contribution in [0.1, 0.15) is 42.7 Å². The minimum Gasteiger partial charge on any atom is -0.463 e. The second kappa shape index (κ2) is 10.1. The number of amides is 1. The summed E-state index contributed by atoms with van der Waals surface area (Å²) in [6.45, 7) is 4.58. The number of aryl methyl sites for hydroxylation is 1. The molecule has 27 heavy (non-hydrogen) atoms. The van der Waals surface area contributed by atoms with E-state index < -0.39 is 11.9 Å². The molecule has 0 atom stereocenters. The van der Waals surface area contributed by atoms with Crippen LogP contribution in [0.5, 0.6) is 0 Å². The lowest BCUT2D eigenvalue weighted by atomic mass is 10.2. The SMILES string of the molecule is CCCCn1nc(C(=O)Nc2ccc(/C=C/C(=O)OCC)cc2)ccc1=O. The second-order valence-electron chi connectivity index (χ2n) is 5.80. The molecule has 0 aliphatic carbocycles. The van der Waals surface area contributed by atoms with Gasteiger partial charge in [0.2, 0.25) is 0 Å². The Bertz CT molecular complexity index is 870. The first-order chi connectivity index (χ1) is 13.0. The van der Waals surface area contributed by atoms with Crippen LogP contribution in [0.3, 0.4) is 0 Å². The first-order valence-electron chi connectivity index (χ1n) is 8.88. The molecule has 2 rings (SSSR count).